The molecule has 31 heavy (non-hydrogen) atoms. The fourth-order valence-electron chi connectivity index (χ4n) is 3.67. The molecule has 1 saturated heterocycles. The van der Waals surface area contributed by atoms with Crippen molar-refractivity contribution in [3.8, 4) is 5.75 Å². The van der Waals surface area contributed by atoms with Crippen molar-refractivity contribution in [2.45, 2.75) is 51.9 Å². The molecule has 0 saturated carbocycles. The number of amides is 2. The van der Waals surface area contributed by atoms with Crippen LogP contribution in [0.15, 0.2) is 46.9 Å². The molecule has 2 aromatic rings. The third-order valence-electron chi connectivity index (χ3n) is 5.80. The molecule has 2 amide bonds. The Kier molecular flexibility index (Phi) is 8.52. The highest BCUT2D eigenvalue weighted by molar-refractivity contribution is 9.10. The highest BCUT2D eigenvalue weighted by Gasteiger charge is 2.17. The van der Waals surface area contributed by atoms with Crippen LogP contribution in [0.2, 0.25) is 0 Å². The van der Waals surface area contributed by atoms with Crippen LogP contribution in [0, 0.1) is 0 Å². The molecule has 1 aliphatic rings. The molecule has 1 N–H and O–H groups in total. The van der Waals surface area contributed by atoms with Gasteiger partial charge in [0.1, 0.15) is 5.75 Å². The fourth-order valence-corrected chi connectivity index (χ4v) is 4.18. The standard InChI is InChI=1S/C25H31BrN2O3/c1-3-18(2)20-10-13-23(22(26)16-20)31-17-24(29)27-21-11-8-19(9-12-21)25(30)28-14-6-4-5-7-15-28/h8-13,16,18H,3-7,14-15,17H2,1-2H3,(H,27,29). The predicted molar refractivity (Wildman–Crippen MR) is 128 cm³/mol. The van der Waals surface area contributed by atoms with E-state index in [1.165, 1.54) is 18.4 Å². The Morgan fingerprint density at radius 1 is 1.06 bits per heavy atom. The van der Waals surface area contributed by atoms with Gasteiger partial charge in [0.25, 0.3) is 11.8 Å². The van der Waals surface area contributed by atoms with Crippen LogP contribution in [0.3, 0.4) is 0 Å². The normalized spacial score (nSPS) is 15.1. The van der Waals surface area contributed by atoms with Gasteiger partial charge in [-0.05, 0) is 83.1 Å². The number of hydrogen-bond donors (Lipinski definition) is 1. The highest BCUT2D eigenvalue weighted by Crippen LogP contribution is 2.30. The van der Waals surface area contributed by atoms with Crippen LogP contribution in [0.1, 0.15) is 67.8 Å². The van der Waals surface area contributed by atoms with Gasteiger partial charge < -0.3 is 15.0 Å². The first kappa shape index (κ1) is 23.3. The third-order valence-corrected chi connectivity index (χ3v) is 6.42. The number of anilines is 1. The van der Waals surface area contributed by atoms with Crippen molar-refractivity contribution in [1.82, 2.24) is 4.90 Å². The lowest BCUT2D eigenvalue weighted by molar-refractivity contribution is -0.118. The lowest BCUT2D eigenvalue weighted by Gasteiger charge is -2.20. The zero-order valence-electron chi connectivity index (χ0n) is 18.3. The molecule has 1 atom stereocenters. The van der Waals surface area contributed by atoms with Crippen molar-refractivity contribution in [3.63, 3.8) is 0 Å². The Morgan fingerprint density at radius 2 is 1.74 bits per heavy atom. The molecule has 3 rings (SSSR count). The summed E-state index contributed by atoms with van der Waals surface area (Å²) in [5.41, 5.74) is 2.54. The van der Waals surface area contributed by atoms with Crippen molar-refractivity contribution in [2.24, 2.45) is 0 Å². The van der Waals surface area contributed by atoms with Crippen LogP contribution < -0.4 is 10.1 Å². The fraction of sp³-hybridized carbons (Fsp3) is 0.440. The average molecular weight is 487 g/mol. The van der Waals surface area contributed by atoms with Crippen LogP contribution in [0.25, 0.3) is 0 Å². The van der Waals surface area contributed by atoms with Crippen molar-refractivity contribution >= 4 is 33.4 Å². The largest absolute Gasteiger partial charge is 0.483 e. The van der Waals surface area contributed by atoms with E-state index in [1.54, 1.807) is 24.3 Å². The van der Waals surface area contributed by atoms with E-state index in [9.17, 15) is 9.59 Å². The van der Waals surface area contributed by atoms with E-state index in [-0.39, 0.29) is 18.4 Å². The van der Waals surface area contributed by atoms with E-state index < -0.39 is 0 Å². The molecule has 166 valence electrons. The second-order valence-electron chi connectivity index (χ2n) is 8.12. The molecule has 1 heterocycles. The number of nitrogens with one attached hydrogen (secondary N) is 1. The second kappa shape index (κ2) is 11.3. The Hall–Kier alpha value is -2.34. The van der Waals surface area contributed by atoms with Gasteiger partial charge in [-0.2, -0.15) is 0 Å². The average Bonchev–Trinajstić information content (AvgIpc) is 3.07. The molecule has 0 bridgehead atoms. The molecular formula is C25H31BrN2O3. The SMILES string of the molecule is CCC(C)c1ccc(OCC(=O)Nc2ccc(C(=O)N3CCCCCC3)cc2)c(Br)c1. The van der Waals surface area contributed by atoms with Gasteiger partial charge in [0.05, 0.1) is 4.47 Å². The lowest BCUT2D eigenvalue weighted by atomic mass is 9.99. The summed E-state index contributed by atoms with van der Waals surface area (Å²) >= 11 is 3.53. The molecule has 0 radical (unpaired) electrons. The maximum atomic E-state index is 12.7. The Balaban J connectivity index is 1.52. The van der Waals surface area contributed by atoms with E-state index >= 15 is 0 Å². The number of rotatable bonds is 7. The van der Waals surface area contributed by atoms with Gasteiger partial charge in [0.15, 0.2) is 6.61 Å². The highest BCUT2D eigenvalue weighted by atomic mass is 79.9. The first-order valence-electron chi connectivity index (χ1n) is 11.1. The van der Waals surface area contributed by atoms with Crippen molar-refractivity contribution in [2.75, 3.05) is 25.0 Å². The molecule has 5 nitrogen and oxygen atoms in total. The summed E-state index contributed by atoms with van der Waals surface area (Å²) in [5, 5.41) is 2.82. The van der Waals surface area contributed by atoms with Gasteiger partial charge >= 0.3 is 0 Å². The maximum Gasteiger partial charge on any atom is 0.262 e. The third kappa shape index (κ3) is 6.57. The zero-order chi connectivity index (χ0) is 22.2. The minimum Gasteiger partial charge on any atom is -0.483 e. The molecule has 0 aliphatic carbocycles. The molecule has 0 spiro atoms. The van der Waals surface area contributed by atoms with Crippen LogP contribution in [0.5, 0.6) is 5.75 Å². The summed E-state index contributed by atoms with van der Waals surface area (Å²) in [6.45, 7) is 5.90. The summed E-state index contributed by atoms with van der Waals surface area (Å²) < 4.78 is 6.51. The summed E-state index contributed by atoms with van der Waals surface area (Å²) in [4.78, 5) is 26.9. The van der Waals surface area contributed by atoms with Gasteiger partial charge in [0, 0.05) is 24.3 Å². The number of carbonyl (C=O) groups is 2. The number of likely N-dealkylation sites (tertiary alicyclic amines) is 1. The minimum absolute atomic E-state index is 0.0637. The molecule has 0 aromatic heterocycles. The number of benzene rings is 2. The number of ether oxygens (including phenoxy) is 1. The first-order chi connectivity index (χ1) is 15.0. The maximum absolute atomic E-state index is 12.7. The quantitative estimate of drug-likeness (QED) is 0.522. The Bertz CT molecular complexity index is 890. The summed E-state index contributed by atoms with van der Waals surface area (Å²) in [6.07, 6.45) is 5.58. The Labute approximate surface area is 193 Å². The summed E-state index contributed by atoms with van der Waals surface area (Å²) in [5.74, 6) is 0.932. The van der Waals surface area contributed by atoms with Crippen molar-refractivity contribution < 1.29 is 14.3 Å². The number of nitrogens with zero attached hydrogens (tertiary/aromatic N) is 1. The van der Waals surface area contributed by atoms with E-state index in [2.05, 4.69) is 35.1 Å². The molecule has 6 heteroatoms. The first-order valence-corrected chi connectivity index (χ1v) is 11.9. The second-order valence-corrected chi connectivity index (χ2v) is 8.97. The minimum atomic E-state index is -0.246. The monoisotopic (exact) mass is 486 g/mol. The van der Waals surface area contributed by atoms with Gasteiger partial charge in [-0.3, -0.25) is 9.59 Å². The number of carbonyl (C=O) groups excluding carboxylic acids is 2. The van der Waals surface area contributed by atoms with Crippen LogP contribution in [-0.2, 0) is 4.79 Å². The zero-order valence-corrected chi connectivity index (χ0v) is 19.9. The van der Waals surface area contributed by atoms with Gasteiger partial charge in [-0.25, -0.2) is 0 Å². The summed E-state index contributed by atoms with van der Waals surface area (Å²) in [7, 11) is 0. The molecule has 1 unspecified atom stereocenters. The number of halogens is 1. The molecule has 1 fully saturated rings. The Morgan fingerprint density at radius 3 is 2.35 bits per heavy atom. The van der Waals surface area contributed by atoms with E-state index in [4.69, 9.17) is 4.74 Å². The smallest absolute Gasteiger partial charge is 0.262 e. The van der Waals surface area contributed by atoms with Crippen LogP contribution >= 0.6 is 15.9 Å². The van der Waals surface area contributed by atoms with Crippen molar-refractivity contribution in [1.29, 1.82) is 0 Å². The lowest BCUT2D eigenvalue weighted by Crippen LogP contribution is -2.31. The van der Waals surface area contributed by atoms with Gasteiger partial charge in [-0.15, -0.1) is 0 Å². The predicted octanol–water partition coefficient (Wildman–Crippen LogP) is 6.00. The molecule has 2 aromatic carbocycles. The van der Waals surface area contributed by atoms with Crippen LogP contribution in [-0.4, -0.2) is 36.4 Å². The topological polar surface area (TPSA) is 58.6 Å². The van der Waals surface area contributed by atoms with Crippen molar-refractivity contribution in [3.05, 3.63) is 58.1 Å². The van der Waals surface area contributed by atoms with E-state index in [0.717, 1.165) is 36.8 Å². The van der Waals surface area contributed by atoms with Gasteiger partial charge in [-0.1, -0.05) is 32.8 Å². The van der Waals surface area contributed by atoms with E-state index in [0.29, 0.717) is 22.9 Å². The molecule has 1 aliphatic heterocycles. The summed E-state index contributed by atoms with van der Waals surface area (Å²) in [6, 6.07) is 13.0. The number of hydrogen-bond acceptors (Lipinski definition) is 3. The van der Waals surface area contributed by atoms with Gasteiger partial charge in [0.2, 0.25) is 0 Å². The van der Waals surface area contributed by atoms with E-state index in [1.807, 2.05) is 23.1 Å². The molecular weight excluding hydrogens is 456 g/mol. The van der Waals surface area contributed by atoms with Crippen LogP contribution in [0.4, 0.5) is 5.69 Å².